The summed E-state index contributed by atoms with van der Waals surface area (Å²) in [5.41, 5.74) is 1.14. The number of hydrogen-bond donors (Lipinski definition) is 4. The molecule has 5 aliphatic rings. The Balaban J connectivity index is 1.28. The number of rotatable bonds is 14. The summed E-state index contributed by atoms with van der Waals surface area (Å²) in [6, 6.07) is -0.882. The lowest BCUT2D eigenvalue weighted by Crippen LogP contribution is -2.65. The average molecular weight is 769 g/mol. The summed E-state index contributed by atoms with van der Waals surface area (Å²) in [5, 5.41) is 24.5. The van der Waals surface area contributed by atoms with Crippen molar-refractivity contribution in [2.45, 2.75) is 177 Å². The van der Waals surface area contributed by atoms with Crippen LogP contribution in [0.25, 0.3) is 0 Å². The number of carboxylic acid groups (broad SMARTS) is 2. The second kappa shape index (κ2) is 15.8. The van der Waals surface area contributed by atoms with Gasteiger partial charge in [-0.2, -0.15) is 0 Å². The molecule has 0 bridgehead atoms. The van der Waals surface area contributed by atoms with Crippen molar-refractivity contribution in [2.75, 3.05) is 6.54 Å². The molecule has 10 heteroatoms. The van der Waals surface area contributed by atoms with E-state index >= 15 is 0 Å². The maximum absolute atomic E-state index is 14.5. The lowest BCUT2D eigenvalue weighted by Gasteiger charge is -2.71. The van der Waals surface area contributed by atoms with E-state index in [0.717, 1.165) is 77.0 Å². The first kappa shape index (κ1) is 43.2. The van der Waals surface area contributed by atoms with Gasteiger partial charge in [0.25, 0.3) is 0 Å². The third-order valence-corrected chi connectivity index (χ3v) is 16.5. The third kappa shape index (κ3) is 8.00. The van der Waals surface area contributed by atoms with E-state index in [2.05, 4.69) is 65.2 Å². The van der Waals surface area contributed by atoms with Gasteiger partial charge in [0.2, 0.25) is 11.8 Å². The molecule has 4 N–H and O–H groups in total. The zero-order chi connectivity index (χ0) is 40.8. The highest BCUT2D eigenvalue weighted by Crippen LogP contribution is 2.76. The zero-order valence-electron chi connectivity index (χ0n) is 35.4. The second-order valence-electron chi connectivity index (χ2n) is 20.8. The number of allylic oxidation sites excluding steroid dienone is 2. The molecule has 4 fully saturated rings. The molecule has 0 heterocycles. The van der Waals surface area contributed by atoms with Crippen LogP contribution < -0.4 is 10.6 Å². The summed E-state index contributed by atoms with van der Waals surface area (Å²) >= 11 is 0. The van der Waals surface area contributed by atoms with Crippen molar-refractivity contribution in [3.8, 4) is 0 Å². The molecule has 2 amide bonds. The summed E-state index contributed by atoms with van der Waals surface area (Å²) in [6.07, 6.45) is 14.3. The van der Waals surface area contributed by atoms with E-state index in [1.54, 1.807) is 13.8 Å². The fourth-order valence-electron chi connectivity index (χ4n) is 13.0. The maximum atomic E-state index is 14.5. The molecular weight excluding hydrogens is 697 g/mol. The van der Waals surface area contributed by atoms with Gasteiger partial charge in [-0.05, 0) is 122 Å². The molecule has 55 heavy (non-hydrogen) atoms. The van der Waals surface area contributed by atoms with E-state index in [9.17, 15) is 29.1 Å². The number of carbonyl (C=O) groups is 5. The minimum atomic E-state index is -1.02. The third-order valence-electron chi connectivity index (χ3n) is 16.5. The topological polar surface area (TPSA) is 159 Å². The van der Waals surface area contributed by atoms with E-state index in [4.69, 9.17) is 9.84 Å². The Kier molecular flexibility index (Phi) is 12.4. The van der Waals surface area contributed by atoms with Crippen LogP contribution in [0.5, 0.6) is 0 Å². The SMILES string of the molecule is CC(C)[C@H](NC(=O)CCCCCNC(=O)[C@]12CCC(C)(C)CC1C1=CCC3[C@@]4(C)CC[C@H](OC(=O)CCC(=O)O)C(C)(C)C4CC[C@@]3(C)[C@]1(C)CC2)C(=O)O. The number of carboxylic acids is 2. The van der Waals surface area contributed by atoms with Crippen molar-refractivity contribution in [1.29, 1.82) is 0 Å². The molecule has 10 nitrogen and oxygen atoms in total. The lowest BCUT2D eigenvalue weighted by atomic mass is 9.33. The Morgan fingerprint density at radius 2 is 1.51 bits per heavy atom. The van der Waals surface area contributed by atoms with Crippen LogP contribution in [-0.2, 0) is 28.7 Å². The largest absolute Gasteiger partial charge is 0.481 e. The summed E-state index contributed by atoms with van der Waals surface area (Å²) in [4.78, 5) is 62.1. The summed E-state index contributed by atoms with van der Waals surface area (Å²) in [7, 11) is 0. The number of ether oxygens (including phenoxy) is 1. The molecule has 0 aliphatic heterocycles. The van der Waals surface area contributed by atoms with Crippen LogP contribution in [0.2, 0.25) is 0 Å². The Morgan fingerprint density at radius 1 is 0.818 bits per heavy atom. The highest BCUT2D eigenvalue weighted by molar-refractivity contribution is 5.84. The Hall–Kier alpha value is -2.91. The lowest BCUT2D eigenvalue weighted by molar-refractivity contribution is -0.213. The Morgan fingerprint density at radius 3 is 2.16 bits per heavy atom. The van der Waals surface area contributed by atoms with Crippen molar-refractivity contribution in [3.63, 3.8) is 0 Å². The van der Waals surface area contributed by atoms with Crippen molar-refractivity contribution in [2.24, 2.45) is 56.2 Å². The van der Waals surface area contributed by atoms with E-state index in [-0.39, 0.29) is 76.1 Å². The molecule has 0 radical (unpaired) electrons. The maximum Gasteiger partial charge on any atom is 0.326 e. The highest BCUT2D eigenvalue weighted by atomic mass is 16.5. The zero-order valence-corrected chi connectivity index (χ0v) is 35.4. The van der Waals surface area contributed by atoms with Gasteiger partial charge in [-0.15, -0.1) is 0 Å². The quantitative estimate of drug-likeness (QED) is 0.0778. The monoisotopic (exact) mass is 769 g/mol. The fourth-order valence-corrected chi connectivity index (χ4v) is 13.0. The molecule has 0 spiro atoms. The fraction of sp³-hybridized carbons (Fsp3) is 0.844. The molecule has 0 aromatic rings. The second-order valence-corrected chi connectivity index (χ2v) is 20.8. The van der Waals surface area contributed by atoms with Crippen LogP contribution in [0.3, 0.4) is 0 Å². The first-order valence-corrected chi connectivity index (χ1v) is 21.5. The van der Waals surface area contributed by atoms with Crippen molar-refractivity contribution in [3.05, 3.63) is 11.6 Å². The van der Waals surface area contributed by atoms with Gasteiger partial charge in [-0.1, -0.05) is 80.4 Å². The van der Waals surface area contributed by atoms with Crippen LogP contribution in [0.4, 0.5) is 0 Å². The molecule has 310 valence electrons. The standard InChI is InChI=1S/C45H72N2O8/c1-28(2)37(38(52)53)47-34(48)13-11-10-12-26-46-39(54)45-24-22-40(3,4)27-30(45)29-14-15-32-42(7)20-19-33(55-36(51)17-16-35(49)50)41(5,6)31(42)18-21-44(32,9)43(29,8)23-25-45/h14,28,30-33,37H,10-13,15-27H2,1-9H3,(H,46,54)(H,47,48)(H,49,50)(H,52,53)/t30?,31?,32?,33-,37-,42-,43+,44+,45-/m0/s1. The molecule has 0 aromatic carbocycles. The molecular formula is C45H72N2O8. The summed E-state index contributed by atoms with van der Waals surface area (Å²) in [5.74, 6) is -1.61. The van der Waals surface area contributed by atoms with E-state index in [1.165, 1.54) is 5.57 Å². The predicted octanol–water partition coefficient (Wildman–Crippen LogP) is 8.47. The highest BCUT2D eigenvalue weighted by Gasteiger charge is 2.69. The Labute approximate surface area is 330 Å². The van der Waals surface area contributed by atoms with Crippen molar-refractivity contribution >= 4 is 29.7 Å². The van der Waals surface area contributed by atoms with E-state index in [1.807, 2.05) is 0 Å². The van der Waals surface area contributed by atoms with Crippen LogP contribution >= 0.6 is 0 Å². The number of nitrogens with one attached hydrogen (secondary N) is 2. The van der Waals surface area contributed by atoms with Crippen LogP contribution in [-0.4, -0.2) is 58.6 Å². The molecule has 0 aromatic heterocycles. The van der Waals surface area contributed by atoms with Crippen LogP contribution in [0.15, 0.2) is 11.6 Å². The number of esters is 1. The smallest absolute Gasteiger partial charge is 0.326 e. The molecule has 0 saturated heterocycles. The summed E-state index contributed by atoms with van der Waals surface area (Å²) in [6.45, 7) is 21.0. The van der Waals surface area contributed by atoms with Crippen molar-refractivity contribution < 1.29 is 38.9 Å². The van der Waals surface area contributed by atoms with Gasteiger partial charge < -0.3 is 25.6 Å². The number of unbranched alkanes of at least 4 members (excludes halogenated alkanes) is 2. The first-order chi connectivity index (χ1) is 25.5. The van der Waals surface area contributed by atoms with Crippen molar-refractivity contribution in [1.82, 2.24) is 10.6 Å². The van der Waals surface area contributed by atoms with Gasteiger partial charge in [-0.25, -0.2) is 4.79 Å². The van der Waals surface area contributed by atoms with Crippen LogP contribution in [0.1, 0.15) is 165 Å². The number of carbonyl (C=O) groups excluding carboxylic acids is 3. The van der Waals surface area contributed by atoms with E-state index < -0.39 is 29.4 Å². The van der Waals surface area contributed by atoms with Gasteiger partial charge in [0.1, 0.15) is 12.1 Å². The normalized spacial score (nSPS) is 36.4. The predicted molar refractivity (Wildman–Crippen MR) is 212 cm³/mol. The number of aliphatic carboxylic acids is 2. The molecule has 9 atom stereocenters. The van der Waals surface area contributed by atoms with Gasteiger partial charge in [0, 0.05) is 18.4 Å². The number of amides is 2. The summed E-state index contributed by atoms with van der Waals surface area (Å²) < 4.78 is 6.03. The van der Waals surface area contributed by atoms with E-state index in [0.29, 0.717) is 24.8 Å². The minimum Gasteiger partial charge on any atom is -0.481 e. The molecule has 5 aliphatic carbocycles. The number of fused-ring (bicyclic) bond motifs is 7. The van der Waals surface area contributed by atoms with Gasteiger partial charge in [0.15, 0.2) is 0 Å². The average Bonchev–Trinajstić information content (AvgIpc) is 3.08. The van der Waals surface area contributed by atoms with Gasteiger partial charge >= 0.3 is 17.9 Å². The molecule has 5 rings (SSSR count). The molecule has 3 unspecified atom stereocenters. The number of hydrogen-bond acceptors (Lipinski definition) is 6. The first-order valence-electron chi connectivity index (χ1n) is 21.5. The van der Waals surface area contributed by atoms with Crippen LogP contribution in [0, 0.1) is 56.2 Å². The molecule has 4 saturated carbocycles. The Bertz CT molecular complexity index is 1530. The minimum absolute atomic E-state index is 0.0220. The van der Waals surface area contributed by atoms with Gasteiger partial charge in [-0.3, -0.25) is 19.2 Å². The van der Waals surface area contributed by atoms with Gasteiger partial charge in [0.05, 0.1) is 18.3 Å².